The molecule has 0 spiro atoms. The van der Waals surface area contributed by atoms with Crippen molar-refractivity contribution in [1.29, 1.82) is 0 Å². The van der Waals surface area contributed by atoms with E-state index in [-0.39, 0.29) is 17.4 Å². The summed E-state index contributed by atoms with van der Waals surface area (Å²) < 4.78 is 2.59. The highest BCUT2D eigenvalue weighted by Crippen LogP contribution is 2.39. The van der Waals surface area contributed by atoms with Crippen molar-refractivity contribution in [3.05, 3.63) is 34.6 Å². The molecule has 0 unspecified atom stereocenters. The number of rotatable bonds is 4. The zero-order valence-corrected chi connectivity index (χ0v) is 19.3. The summed E-state index contributed by atoms with van der Waals surface area (Å²) in [5, 5.41) is 15.2. The average Bonchev–Trinajstić information content (AvgIpc) is 3.33. The summed E-state index contributed by atoms with van der Waals surface area (Å²) in [6.45, 7) is 3.04. The number of nitrogens with zero attached hydrogens (tertiary/aromatic N) is 4. The summed E-state index contributed by atoms with van der Waals surface area (Å²) in [6.07, 6.45) is 6.50. The predicted molar refractivity (Wildman–Crippen MR) is 125 cm³/mol. The minimum Gasteiger partial charge on any atom is -0.385 e. The number of aromatic nitrogens is 4. The van der Waals surface area contributed by atoms with Gasteiger partial charge in [-0.15, -0.1) is 0 Å². The summed E-state index contributed by atoms with van der Waals surface area (Å²) in [7, 11) is 1.70. The Bertz CT molecular complexity index is 1160. The molecule has 1 amide bonds. The van der Waals surface area contributed by atoms with Crippen molar-refractivity contribution in [2.75, 3.05) is 24.2 Å². The van der Waals surface area contributed by atoms with Crippen LogP contribution in [0.25, 0.3) is 16.7 Å². The van der Waals surface area contributed by atoms with Gasteiger partial charge in [-0.05, 0) is 71.8 Å². The van der Waals surface area contributed by atoms with Crippen LogP contribution in [0.1, 0.15) is 38.2 Å². The standard InChI is InChI=1S/C22H26BrN7O/c1-22(20(31)24-2)8-7-14(11-22)27-21-26-12-16-18(23)29-30(19(16)28-21)15-5-6-17-13(10-15)4-3-9-25-17/h5-6,10,12,14,25H,3-4,7-9,11H2,1-2H3,(H,24,31)(H,26,27,28)/t14-,22-/m1/s1. The highest BCUT2D eigenvalue weighted by atomic mass is 79.9. The Kier molecular flexibility index (Phi) is 5.08. The molecule has 3 heterocycles. The normalized spacial score (nSPS) is 22.7. The molecule has 31 heavy (non-hydrogen) atoms. The Labute approximate surface area is 189 Å². The van der Waals surface area contributed by atoms with E-state index in [4.69, 9.17) is 4.98 Å². The second kappa shape index (κ2) is 7.78. The highest BCUT2D eigenvalue weighted by Gasteiger charge is 2.40. The van der Waals surface area contributed by atoms with Crippen LogP contribution >= 0.6 is 15.9 Å². The van der Waals surface area contributed by atoms with Gasteiger partial charge in [-0.2, -0.15) is 10.1 Å². The number of nitrogens with one attached hydrogen (secondary N) is 3. The van der Waals surface area contributed by atoms with Crippen LogP contribution in [0.15, 0.2) is 29.0 Å². The van der Waals surface area contributed by atoms with Crippen molar-refractivity contribution in [2.45, 2.75) is 45.1 Å². The van der Waals surface area contributed by atoms with Crippen LogP contribution in [0.3, 0.4) is 0 Å². The molecule has 2 aliphatic rings. The van der Waals surface area contributed by atoms with E-state index in [1.165, 1.54) is 11.3 Å². The summed E-state index contributed by atoms with van der Waals surface area (Å²) in [4.78, 5) is 21.5. The number of carbonyl (C=O) groups excluding carboxylic acids is 1. The van der Waals surface area contributed by atoms with E-state index in [2.05, 4.69) is 60.2 Å². The highest BCUT2D eigenvalue weighted by molar-refractivity contribution is 9.10. The first kappa shape index (κ1) is 20.2. The fourth-order valence-corrected chi connectivity index (χ4v) is 5.20. The third kappa shape index (κ3) is 3.64. The van der Waals surface area contributed by atoms with Gasteiger partial charge < -0.3 is 16.0 Å². The van der Waals surface area contributed by atoms with Crippen LogP contribution in [-0.2, 0) is 11.2 Å². The molecule has 1 aliphatic carbocycles. The van der Waals surface area contributed by atoms with E-state index >= 15 is 0 Å². The van der Waals surface area contributed by atoms with Gasteiger partial charge in [0, 0.05) is 36.9 Å². The molecule has 5 rings (SSSR count). The number of hydrogen-bond acceptors (Lipinski definition) is 6. The van der Waals surface area contributed by atoms with Gasteiger partial charge in [-0.25, -0.2) is 9.67 Å². The topological polar surface area (TPSA) is 96.8 Å². The Hall–Kier alpha value is -2.68. The third-order valence-corrected chi connectivity index (χ3v) is 7.09. The predicted octanol–water partition coefficient (Wildman–Crippen LogP) is 3.65. The first-order chi connectivity index (χ1) is 15.0. The van der Waals surface area contributed by atoms with Crippen molar-refractivity contribution in [1.82, 2.24) is 25.1 Å². The van der Waals surface area contributed by atoms with Gasteiger partial charge in [0.25, 0.3) is 0 Å². The SMILES string of the molecule is CNC(=O)[C@]1(C)CC[C@@H](Nc2ncc3c(Br)nn(-c4ccc5c(c4)CCCN5)c3n2)C1. The lowest BCUT2D eigenvalue weighted by Gasteiger charge is -2.22. The van der Waals surface area contributed by atoms with E-state index in [1.807, 2.05) is 11.6 Å². The quantitative estimate of drug-likeness (QED) is 0.523. The van der Waals surface area contributed by atoms with E-state index in [0.717, 1.165) is 60.0 Å². The van der Waals surface area contributed by atoms with Gasteiger partial charge in [0.05, 0.1) is 11.1 Å². The van der Waals surface area contributed by atoms with Crippen LogP contribution in [0, 0.1) is 5.41 Å². The number of carbonyl (C=O) groups is 1. The smallest absolute Gasteiger partial charge is 0.225 e. The molecule has 2 atom stereocenters. The number of halogens is 1. The fraction of sp³-hybridized carbons (Fsp3) is 0.455. The number of hydrogen-bond donors (Lipinski definition) is 3. The minimum absolute atomic E-state index is 0.0945. The molecule has 0 radical (unpaired) electrons. The number of aryl methyl sites for hydroxylation is 1. The van der Waals surface area contributed by atoms with Gasteiger partial charge in [0.2, 0.25) is 11.9 Å². The molecule has 162 valence electrons. The van der Waals surface area contributed by atoms with Gasteiger partial charge in [0.1, 0.15) is 4.60 Å². The van der Waals surface area contributed by atoms with E-state index in [0.29, 0.717) is 5.95 Å². The van der Waals surface area contributed by atoms with Crippen LogP contribution in [0.2, 0.25) is 0 Å². The molecule has 1 aliphatic heterocycles. The molecule has 9 heteroatoms. The maximum Gasteiger partial charge on any atom is 0.225 e. The number of benzene rings is 1. The zero-order chi connectivity index (χ0) is 21.6. The second-order valence-corrected chi connectivity index (χ2v) is 9.48. The van der Waals surface area contributed by atoms with Crippen molar-refractivity contribution in [3.8, 4) is 5.69 Å². The zero-order valence-electron chi connectivity index (χ0n) is 17.7. The molecule has 3 N–H and O–H groups in total. The van der Waals surface area contributed by atoms with Gasteiger partial charge in [0.15, 0.2) is 5.65 Å². The van der Waals surface area contributed by atoms with E-state index in [9.17, 15) is 4.79 Å². The molecular weight excluding hydrogens is 458 g/mol. The lowest BCUT2D eigenvalue weighted by molar-refractivity contribution is -0.129. The Morgan fingerprint density at radius 2 is 2.26 bits per heavy atom. The van der Waals surface area contributed by atoms with Crippen molar-refractivity contribution < 1.29 is 4.79 Å². The number of anilines is 2. The molecule has 1 aromatic carbocycles. The summed E-state index contributed by atoms with van der Waals surface area (Å²) in [6, 6.07) is 6.52. The average molecular weight is 484 g/mol. The molecular formula is C22H26BrN7O. The van der Waals surface area contributed by atoms with Crippen molar-refractivity contribution in [2.24, 2.45) is 5.41 Å². The molecule has 8 nitrogen and oxygen atoms in total. The Morgan fingerprint density at radius 1 is 1.39 bits per heavy atom. The van der Waals surface area contributed by atoms with Crippen molar-refractivity contribution in [3.63, 3.8) is 0 Å². The molecule has 1 fully saturated rings. The maximum absolute atomic E-state index is 12.2. The van der Waals surface area contributed by atoms with Crippen LogP contribution in [-0.4, -0.2) is 45.3 Å². The minimum atomic E-state index is -0.349. The number of amides is 1. The molecule has 0 saturated heterocycles. The van der Waals surface area contributed by atoms with Gasteiger partial charge >= 0.3 is 0 Å². The molecule has 3 aromatic rings. The summed E-state index contributed by atoms with van der Waals surface area (Å²) in [5.41, 5.74) is 3.88. The van der Waals surface area contributed by atoms with E-state index in [1.54, 1.807) is 13.2 Å². The Balaban J connectivity index is 1.44. The van der Waals surface area contributed by atoms with Gasteiger partial charge in [-0.3, -0.25) is 4.79 Å². The second-order valence-electron chi connectivity index (χ2n) is 8.73. The largest absolute Gasteiger partial charge is 0.385 e. The van der Waals surface area contributed by atoms with E-state index < -0.39 is 0 Å². The monoisotopic (exact) mass is 483 g/mol. The Morgan fingerprint density at radius 3 is 3.10 bits per heavy atom. The first-order valence-corrected chi connectivity index (χ1v) is 11.5. The van der Waals surface area contributed by atoms with Crippen molar-refractivity contribution >= 4 is 44.5 Å². The van der Waals surface area contributed by atoms with Crippen LogP contribution in [0.5, 0.6) is 0 Å². The molecule has 2 aromatic heterocycles. The number of fused-ring (bicyclic) bond motifs is 2. The first-order valence-electron chi connectivity index (χ1n) is 10.7. The van der Waals surface area contributed by atoms with Crippen LogP contribution in [0.4, 0.5) is 11.6 Å². The van der Waals surface area contributed by atoms with Crippen LogP contribution < -0.4 is 16.0 Å². The fourth-order valence-electron chi connectivity index (χ4n) is 4.77. The molecule has 0 bridgehead atoms. The lowest BCUT2D eigenvalue weighted by Crippen LogP contribution is -2.35. The van der Waals surface area contributed by atoms with Gasteiger partial charge in [-0.1, -0.05) is 6.92 Å². The summed E-state index contributed by atoms with van der Waals surface area (Å²) >= 11 is 3.55. The third-order valence-electron chi connectivity index (χ3n) is 6.50. The lowest BCUT2D eigenvalue weighted by atomic mass is 9.87. The summed E-state index contributed by atoms with van der Waals surface area (Å²) in [5.74, 6) is 0.656. The molecule has 1 saturated carbocycles. The maximum atomic E-state index is 12.2.